The van der Waals surface area contributed by atoms with Crippen molar-refractivity contribution in [3.8, 4) is 10.6 Å². The van der Waals surface area contributed by atoms with Gasteiger partial charge in [-0.1, -0.05) is 13.0 Å². The molecule has 6 nitrogen and oxygen atoms in total. The number of amides is 1. The second kappa shape index (κ2) is 6.93. The number of nitrogens with one attached hydrogen (secondary N) is 1. The summed E-state index contributed by atoms with van der Waals surface area (Å²) in [5.41, 5.74) is 2.98. The third-order valence-electron chi connectivity index (χ3n) is 4.38. The first-order valence-corrected chi connectivity index (χ1v) is 9.46. The molecule has 1 aliphatic rings. The lowest BCUT2D eigenvalue weighted by Gasteiger charge is -2.11. The van der Waals surface area contributed by atoms with Crippen molar-refractivity contribution in [1.29, 1.82) is 0 Å². The molecule has 0 radical (unpaired) electrons. The first-order chi connectivity index (χ1) is 12.2. The molecule has 4 rings (SSSR count). The topological polar surface area (TPSA) is 68.5 Å². The van der Waals surface area contributed by atoms with E-state index in [4.69, 9.17) is 4.74 Å². The van der Waals surface area contributed by atoms with Crippen LogP contribution in [-0.2, 0) is 11.2 Å². The van der Waals surface area contributed by atoms with Gasteiger partial charge in [0.1, 0.15) is 11.4 Å². The second-order valence-electron chi connectivity index (χ2n) is 6.11. The molecule has 7 heteroatoms. The number of nitrogens with zero attached hydrogens (tertiary/aromatic N) is 3. The summed E-state index contributed by atoms with van der Waals surface area (Å²) in [5, 5.41) is 9.61. The van der Waals surface area contributed by atoms with Crippen molar-refractivity contribution in [2.45, 2.75) is 32.3 Å². The molecule has 0 aliphatic carbocycles. The Morgan fingerprint density at radius 2 is 2.40 bits per heavy atom. The van der Waals surface area contributed by atoms with Crippen LogP contribution in [0.2, 0.25) is 0 Å². The summed E-state index contributed by atoms with van der Waals surface area (Å²) in [6.07, 6.45) is 2.96. The Bertz CT molecular complexity index is 882. The number of hydrogen-bond acceptors (Lipinski definition) is 5. The fourth-order valence-electron chi connectivity index (χ4n) is 3.05. The van der Waals surface area contributed by atoms with Gasteiger partial charge in [0.05, 0.1) is 11.0 Å². The first kappa shape index (κ1) is 16.2. The Labute approximate surface area is 149 Å². The third-order valence-corrected chi connectivity index (χ3v) is 5.28. The first-order valence-electron chi connectivity index (χ1n) is 8.58. The van der Waals surface area contributed by atoms with Crippen LogP contribution in [0.5, 0.6) is 0 Å². The molecule has 3 aromatic heterocycles. The third kappa shape index (κ3) is 3.29. The van der Waals surface area contributed by atoms with E-state index in [1.165, 1.54) is 0 Å². The standard InChI is InChI=1S/C18H20N4O2S/c1-2-12-9-15(18(23)19-11-13-5-3-7-24-13)20-17-10-14(21-22(12)17)16-6-4-8-25-16/h4,6,8-10,13H,2-3,5,7,11H2,1H3,(H,19,23). The minimum absolute atomic E-state index is 0.124. The Morgan fingerprint density at radius 1 is 1.48 bits per heavy atom. The number of carbonyl (C=O) groups is 1. The van der Waals surface area contributed by atoms with Gasteiger partial charge in [-0.15, -0.1) is 11.3 Å². The van der Waals surface area contributed by atoms with Crippen molar-refractivity contribution < 1.29 is 9.53 Å². The zero-order valence-electron chi connectivity index (χ0n) is 14.1. The highest BCUT2D eigenvalue weighted by Crippen LogP contribution is 2.24. The molecule has 1 fully saturated rings. The summed E-state index contributed by atoms with van der Waals surface area (Å²) >= 11 is 1.64. The molecule has 1 aliphatic heterocycles. The summed E-state index contributed by atoms with van der Waals surface area (Å²) in [4.78, 5) is 18.1. The van der Waals surface area contributed by atoms with Crippen LogP contribution < -0.4 is 5.32 Å². The Morgan fingerprint density at radius 3 is 3.12 bits per heavy atom. The van der Waals surface area contributed by atoms with Gasteiger partial charge in [0, 0.05) is 24.9 Å². The molecule has 1 saturated heterocycles. The Kier molecular flexibility index (Phi) is 4.50. The number of thiophene rings is 1. The summed E-state index contributed by atoms with van der Waals surface area (Å²) in [6.45, 7) is 3.37. The van der Waals surface area contributed by atoms with Crippen LogP contribution in [0.4, 0.5) is 0 Å². The summed E-state index contributed by atoms with van der Waals surface area (Å²) < 4.78 is 7.38. The lowest BCUT2D eigenvalue weighted by atomic mass is 10.2. The summed E-state index contributed by atoms with van der Waals surface area (Å²) in [6, 6.07) is 7.79. The van der Waals surface area contributed by atoms with Crippen molar-refractivity contribution in [3.63, 3.8) is 0 Å². The molecule has 1 amide bonds. The van der Waals surface area contributed by atoms with Gasteiger partial charge in [-0.05, 0) is 36.8 Å². The molecule has 1 unspecified atom stereocenters. The summed E-state index contributed by atoms with van der Waals surface area (Å²) in [5.74, 6) is -0.161. The minimum Gasteiger partial charge on any atom is -0.376 e. The van der Waals surface area contributed by atoms with Crippen LogP contribution in [0, 0.1) is 0 Å². The maximum absolute atomic E-state index is 12.5. The number of hydrogen-bond donors (Lipinski definition) is 1. The lowest BCUT2D eigenvalue weighted by Crippen LogP contribution is -2.32. The molecular formula is C18H20N4O2S. The number of fused-ring (bicyclic) bond motifs is 1. The van der Waals surface area contributed by atoms with E-state index in [0.29, 0.717) is 17.9 Å². The van der Waals surface area contributed by atoms with E-state index in [1.54, 1.807) is 11.3 Å². The van der Waals surface area contributed by atoms with Crippen LogP contribution in [-0.4, -0.2) is 39.8 Å². The van der Waals surface area contributed by atoms with Crippen molar-refractivity contribution in [3.05, 3.63) is 41.0 Å². The zero-order valence-corrected chi connectivity index (χ0v) is 14.9. The van der Waals surface area contributed by atoms with Gasteiger partial charge in [0.25, 0.3) is 5.91 Å². The van der Waals surface area contributed by atoms with E-state index < -0.39 is 0 Å². The monoisotopic (exact) mass is 356 g/mol. The quantitative estimate of drug-likeness (QED) is 0.763. The average Bonchev–Trinajstić information content (AvgIpc) is 3.39. The highest BCUT2D eigenvalue weighted by molar-refractivity contribution is 7.13. The van der Waals surface area contributed by atoms with E-state index >= 15 is 0 Å². The Hall–Kier alpha value is -2.25. The lowest BCUT2D eigenvalue weighted by molar-refractivity contribution is 0.0853. The molecule has 0 bridgehead atoms. The van der Waals surface area contributed by atoms with E-state index in [-0.39, 0.29) is 12.0 Å². The molecule has 0 spiro atoms. The van der Waals surface area contributed by atoms with Crippen LogP contribution in [0.1, 0.15) is 35.9 Å². The van der Waals surface area contributed by atoms with Crippen molar-refractivity contribution >= 4 is 22.9 Å². The van der Waals surface area contributed by atoms with E-state index in [2.05, 4.69) is 22.3 Å². The van der Waals surface area contributed by atoms with E-state index in [9.17, 15) is 4.79 Å². The predicted octanol–water partition coefficient (Wildman–Crippen LogP) is 2.93. The normalized spacial score (nSPS) is 17.2. The fraction of sp³-hybridized carbons (Fsp3) is 0.389. The van der Waals surface area contributed by atoms with E-state index in [1.807, 2.05) is 34.2 Å². The van der Waals surface area contributed by atoms with Crippen molar-refractivity contribution in [2.24, 2.45) is 0 Å². The zero-order chi connectivity index (χ0) is 17.2. The predicted molar refractivity (Wildman–Crippen MR) is 97.0 cm³/mol. The maximum atomic E-state index is 12.5. The van der Waals surface area contributed by atoms with Gasteiger partial charge in [-0.2, -0.15) is 5.10 Å². The number of ether oxygens (including phenoxy) is 1. The largest absolute Gasteiger partial charge is 0.376 e. The highest BCUT2D eigenvalue weighted by atomic mass is 32.1. The van der Waals surface area contributed by atoms with Gasteiger partial charge in [0.15, 0.2) is 5.65 Å². The van der Waals surface area contributed by atoms with Crippen LogP contribution in [0.3, 0.4) is 0 Å². The minimum atomic E-state index is -0.161. The van der Waals surface area contributed by atoms with Gasteiger partial charge in [0.2, 0.25) is 0 Å². The van der Waals surface area contributed by atoms with Crippen molar-refractivity contribution in [1.82, 2.24) is 19.9 Å². The average molecular weight is 356 g/mol. The molecule has 130 valence electrons. The van der Waals surface area contributed by atoms with Crippen LogP contribution in [0.15, 0.2) is 29.6 Å². The molecule has 0 aromatic carbocycles. The number of aromatic nitrogens is 3. The molecular weight excluding hydrogens is 336 g/mol. The maximum Gasteiger partial charge on any atom is 0.270 e. The second-order valence-corrected chi connectivity index (χ2v) is 7.06. The molecule has 4 heterocycles. The molecule has 1 N–H and O–H groups in total. The molecule has 25 heavy (non-hydrogen) atoms. The van der Waals surface area contributed by atoms with Gasteiger partial charge >= 0.3 is 0 Å². The SMILES string of the molecule is CCc1cc(C(=O)NCC2CCCO2)nc2cc(-c3cccs3)nn12. The molecule has 0 saturated carbocycles. The van der Waals surface area contributed by atoms with Crippen molar-refractivity contribution in [2.75, 3.05) is 13.2 Å². The van der Waals surface area contributed by atoms with E-state index in [0.717, 1.165) is 42.1 Å². The smallest absolute Gasteiger partial charge is 0.270 e. The highest BCUT2D eigenvalue weighted by Gasteiger charge is 2.18. The number of rotatable bonds is 5. The molecule has 1 atom stereocenters. The van der Waals surface area contributed by atoms with Gasteiger partial charge in [-0.25, -0.2) is 9.50 Å². The van der Waals surface area contributed by atoms with Crippen LogP contribution >= 0.6 is 11.3 Å². The van der Waals surface area contributed by atoms with Gasteiger partial charge < -0.3 is 10.1 Å². The Balaban J connectivity index is 1.61. The fourth-order valence-corrected chi connectivity index (χ4v) is 3.73. The summed E-state index contributed by atoms with van der Waals surface area (Å²) in [7, 11) is 0. The van der Waals surface area contributed by atoms with Crippen LogP contribution in [0.25, 0.3) is 16.2 Å². The molecule has 3 aromatic rings. The van der Waals surface area contributed by atoms with Gasteiger partial charge in [-0.3, -0.25) is 4.79 Å². The number of aryl methyl sites for hydroxylation is 1. The number of carbonyl (C=O) groups excluding carboxylic acids is 1.